The zero-order chi connectivity index (χ0) is 13.5. The highest BCUT2D eigenvalue weighted by Gasteiger charge is 2.44. The van der Waals surface area contributed by atoms with Gasteiger partial charge in [0.15, 0.2) is 0 Å². The molecule has 20 heavy (non-hydrogen) atoms. The van der Waals surface area contributed by atoms with Crippen LogP contribution in [-0.2, 0) is 0 Å². The molecule has 1 aliphatic carbocycles. The average Bonchev–Trinajstić information content (AvgIpc) is 2.86. The summed E-state index contributed by atoms with van der Waals surface area (Å²) < 4.78 is 5.80. The Morgan fingerprint density at radius 2 is 2.20 bits per heavy atom. The zero-order valence-electron chi connectivity index (χ0n) is 12.3. The third-order valence-corrected chi connectivity index (χ3v) is 5.29. The van der Waals surface area contributed by atoms with E-state index in [1.807, 2.05) is 0 Å². The number of nitrogens with one attached hydrogen (secondary N) is 1. The number of anilines is 2. The van der Waals surface area contributed by atoms with Crippen molar-refractivity contribution in [3.05, 3.63) is 18.2 Å². The van der Waals surface area contributed by atoms with Crippen LogP contribution in [0.3, 0.4) is 0 Å². The van der Waals surface area contributed by atoms with Crippen LogP contribution >= 0.6 is 0 Å². The molecule has 1 aromatic carbocycles. The van der Waals surface area contributed by atoms with Gasteiger partial charge in [0.2, 0.25) is 0 Å². The Labute approximate surface area is 121 Å². The van der Waals surface area contributed by atoms with Gasteiger partial charge in [-0.05, 0) is 44.2 Å². The van der Waals surface area contributed by atoms with Gasteiger partial charge in [-0.1, -0.05) is 18.9 Å². The molecule has 0 radical (unpaired) electrons. The molecule has 2 heterocycles. The summed E-state index contributed by atoms with van der Waals surface area (Å²) in [6.07, 6.45) is 7.01. The second-order valence-electron chi connectivity index (χ2n) is 6.37. The third-order valence-electron chi connectivity index (χ3n) is 5.29. The highest BCUT2D eigenvalue weighted by Crippen LogP contribution is 2.48. The zero-order valence-corrected chi connectivity index (χ0v) is 12.3. The molecule has 0 amide bonds. The Hall–Kier alpha value is -1.38. The van der Waals surface area contributed by atoms with E-state index in [1.165, 1.54) is 43.5 Å². The van der Waals surface area contributed by atoms with Gasteiger partial charge in [-0.25, -0.2) is 0 Å². The molecule has 1 saturated carbocycles. The average molecular weight is 272 g/mol. The Kier molecular flexibility index (Phi) is 3.01. The first-order chi connectivity index (χ1) is 9.88. The van der Waals surface area contributed by atoms with Gasteiger partial charge in [0.1, 0.15) is 11.4 Å². The Bertz CT molecular complexity index is 502. The van der Waals surface area contributed by atoms with Gasteiger partial charge in [0.25, 0.3) is 0 Å². The van der Waals surface area contributed by atoms with Gasteiger partial charge < -0.3 is 15.0 Å². The predicted octanol–water partition coefficient (Wildman–Crippen LogP) is 3.65. The molecule has 0 bridgehead atoms. The molecule has 3 heteroatoms. The van der Waals surface area contributed by atoms with E-state index in [0.717, 1.165) is 30.9 Å². The van der Waals surface area contributed by atoms with E-state index >= 15 is 0 Å². The maximum Gasteiger partial charge on any atom is 0.144 e. The predicted molar refractivity (Wildman–Crippen MR) is 82.7 cm³/mol. The summed E-state index contributed by atoms with van der Waals surface area (Å²) in [5, 5.41) is 3.63. The highest BCUT2D eigenvalue weighted by molar-refractivity contribution is 5.79. The van der Waals surface area contributed by atoms with Gasteiger partial charge in [-0.3, -0.25) is 0 Å². The quantitative estimate of drug-likeness (QED) is 0.889. The van der Waals surface area contributed by atoms with Crippen LogP contribution in [0.2, 0.25) is 0 Å². The Balaban J connectivity index is 1.72. The lowest BCUT2D eigenvalue weighted by Gasteiger charge is -2.40. The first-order valence-electron chi connectivity index (χ1n) is 8.16. The largest absolute Gasteiger partial charge is 0.492 e. The monoisotopic (exact) mass is 272 g/mol. The van der Waals surface area contributed by atoms with Gasteiger partial charge in [-0.2, -0.15) is 0 Å². The van der Waals surface area contributed by atoms with Crippen LogP contribution in [0.4, 0.5) is 11.4 Å². The Morgan fingerprint density at radius 1 is 1.30 bits per heavy atom. The Morgan fingerprint density at radius 3 is 3.10 bits per heavy atom. The van der Waals surface area contributed by atoms with E-state index in [0.29, 0.717) is 6.04 Å². The third kappa shape index (κ3) is 1.79. The fourth-order valence-electron chi connectivity index (χ4n) is 4.53. The molecule has 4 rings (SSSR count). The molecule has 0 spiro atoms. The van der Waals surface area contributed by atoms with E-state index in [9.17, 15) is 0 Å². The fourth-order valence-corrected chi connectivity index (χ4v) is 4.53. The van der Waals surface area contributed by atoms with Crippen LogP contribution in [0.15, 0.2) is 18.2 Å². The van der Waals surface area contributed by atoms with Crippen LogP contribution in [-0.4, -0.2) is 25.2 Å². The van der Waals surface area contributed by atoms with Crippen LogP contribution < -0.4 is 15.0 Å². The maximum atomic E-state index is 5.80. The first-order valence-corrected chi connectivity index (χ1v) is 8.16. The van der Waals surface area contributed by atoms with Crippen molar-refractivity contribution in [1.82, 2.24) is 0 Å². The molecular formula is C17H24N2O. The normalized spacial score (nSPS) is 31.1. The minimum Gasteiger partial charge on any atom is -0.492 e. The van der Waals surface area contributed by atoms with Crippen LogP contribution in [0, 0.1) is 5.92 Å². The summed E-state index contributed by atoms with van der Waals surface area (Å²) >= 11 is 0. The molecule has 1 saturated heterocycles. The van der Waals surface area contributed by atoms with Crippen molar-refractivity contribution in [1.29, 1.82) is 0 Å². The molecule has 3 unspecified atom stereocenters. The molecule has 108 valence electrons. The molecule has 3 nitrogen and oxygen atoms in total. The number of hydrogen-bond donors (Lipinski definition) is 1. The van der Waals surface area contributed by atoms with E-state index in [2.05, 4.69) is 35.3 Å². The standard InChI is InChI=1S/C17H24N2O/c1-2-20-16-9-5-8-15-17(16)18-11-13-10-12-6-3-4-7-14(12)19(13)15/h5,8-9,12-14,18H,2-4,6-7,10-11H2,1H3. The van der Waals surface area contributed by atoms with Gasteiger partial charge >= 0.3 is 0 Å². The van der Waals surface area contributed by atoms with Crippen molar-refractivity contribution in [3.8, 4) is 5.75 Å². The molecule has 1 aromatic rings. The van der Waals surface area contributed by atoms with E-state index in [4.69, 9.17) is 4.74 Å². The van der Waals surface area contributed by atoms with Crippen LogP contribution in [0.5, 0.6) is 5.75 Å². The van der Waals surface area contributed by atoms with Crippen molar-refractivity contribution < 1.29 is 4.74 Å². The van der Waals surface area contributed by atoms with E-state index in [1.54, 1.807) is 0 Å². The first kappa shape index (κ1) is 12.4. The summed E-state index contributed by atoms with van der Waals surface area (Å²) in [5.74, 6) is 1.93. The molecule has 2 fully saturated rings. The number of nitrogens with zero attached hydrogens (tertiary/aromatic N) is 1. The number of ether oxygens (including phenoxy) is 1. The molecule has 1 N–H and O–H groups in total. The van der Waals surface area contributed by atoms with Crippen LogP contribution in [0.25, 0.3) is 0 Å². The van der Waals surface area contributed by atoms with E-state index in [-0.39, 0.29) is 0 Å². The van der Waals surface area contributed by atoms with E-state index < -0.39 is 0 Å². The molecule has 3 aliphatic rings. The SMILES string of the molecule is CCOc1cccc2c1NCC1CC3CCCCC3N21. The number of hydrogen-bond acceptors (Lipinski definition) is 3. The molecule has 0 aromatic heterocycles. The van der Waals surface area contributed by atoms with Crippen molar-refractivity contribution in [3.63, 3.8) is 0 Å². The van der Waals surface area contributed by atoms with Crippen molar-refractivity contribution in [2.75, 3.05) is 23.4 Å². The van der Waals surface area contributed by atoms with Crippen molar-refractivity contribution in [2.45, 2.75) is 51.1 Å². The van der Waals surface area contributed by atoms with Crippen molar-refractivity contribution >= 4 is 11.4 Å². The summed E-state index contributed by atoms with van der Waals surface area (Å²) in [5.41, 5.74) is 2.60. The number of benzene rings is 1. The maximum absolute atomic E-state index is 5.80. The highest BCUT2D eigenvalue weighted by atomic mass is 16.5. The van der Waals surface area contributed by atoms with Gasteiger partial charge in [-0.15, -0.1) is 0 Å². The number of para-hydroxylation sites is 1. The fraction of sp³-hybridized carbons (Fsp3) is 0.647. The summed E-state index contributed by atoms with van der Waals surface area (Å²) in [7, 11) is 0. The summed E-state index contributed by atoms with van der Waals surface area (Å²) in [4.78, 5) is 2.72. The summed E-state index contributed by atoms with van der Waals surface area (Å²) in [6.45, 7) is 3.86. The molecule has 2 aliphatic heterocycles. The lowest BCUT2D eigenvalue weighted by atomic mass is 9.85. The van der Waals surface area contributed by atoms with Gasteiger partial charge in [0, 0.05) is 18.6 Å². The minimum atomic E-state index is 0.687. The second kappa shape index (κ2) is 4.87. The number of rotatable bonds is 2. The van der Waals surface area contributed by atoms with Crippen molar-refractivity contribution in [2.24, 2.45) is 5.92 Å². The molecule has 3 atom stereocenters. The molecular weight excluding hydrogens is 248 g/mol. The second-order valence-corrected chi connectivity index (χ2v) is 6.37. The topological polar surface area (TPSA) is 24.5 Å². The number of fused-ring (bicyclic) bond motifs is 5. The van der Waals surface area contributed by atoms with Crippen LogP contribution in [0.1, 0.15) is 39.0 Å². The van der Waals surface area contributed by atoms with Gasteiger partial charge in [0.05, 0.1) is 12.3 Å². The lowest BCUT2D eigenvalue weighted by molar-refractivity contribution is 0.338. The lowest BCUT2D eigenvalue weighted by Crippen LogP contribution is -2.44. The smallest absolute Gasteiger partial charge is 0.144 e. The minimum absolute atomic E-state index is 0.687. The summed E-state index contributed by atoms with van der Waals surface area (Å²) in [6, 6.07) is 7.96.